The molecular weight excluding hydrogens is 302 g/mol. The van der Waals surface area contributed by atoms with E-state index in [9.17, 15) is 0 Å². The van der Waals surface area contributed by atoms with Gasteiger partial charge < -0.3 is 10.6 Å². The molecule has 3 aliphatic rings. The van der Waals surface area contributed by atoms with E-state index in [0.29, 0.717) is 6.04 Å². The lowest BCUT2D eigenvalue weighted by Gasteiger charge is -2.25. The molecule has 2 aliphatic carbocycles. The zero-order valence-electron chi connectivity index (χ0n) is 14.1. The van der Waals surface area contributed by atoms with E-state index in [1.54, 1.807) is 10.4 Å². The van der Waals surface area contributed by atoms with Crippen LogP contribution >= 0.6 is 11.3 Å². The maximum atomic E-state index is 4.95. The molecule has 0 aromatic carbocycles. The number of hydrogen-bond donors (Lipinski definition) is 2. The van der Waals surface area contributed by atoms with Crippen molar-refractivity contribution in [1.29, 1.82) is 0 Å². The summed E-state index contributed by atoms with van der Waals surface area (Å²) in [5.74, 6) is 1.10. The van der Waals surface area contributed by atoms with Crippen LogP contribution in [-0.4, -0.2) is 18.4 Å². The number of hydrogen-bond acceptors (Lipinski definition) is 4. The Labute approximate surface area is 143 Å². The molecule has 3 nitrogen and oxygen atoms in total. The summed E-state index contributed by atoms with van der Waals surface area (Å²) in [6, 6.07) is 0.682. The van der Waals surface area contributed by atoms with Crippen molar-refractivity contribution in [3.05, 3.63) is 22.1 Å². The van der Waals surface area contributed by atoms with Crippen molar-refractivity contribution in [2.75, 3.05) is 6.54 Å². The lowest BCUT2D eigenvalue weighted by molar-refractivity contribution is 0.387. The van der Waals surface area contributed by atoms with Gasteiger partial charge in [-0.2, -0.15) is 0 Å². The topological polar surface area (TPSA) is 36.4 Å². The predicted molar refractivity (Wildman–Crippen MR) is 99.7 cm³/mol. The summed E-state index contributed by atoms with van der Waals surface area (Å²) in [4.78, 5) is 6.52. The Morgan fingerprint density at radius 3 is 2.91 bits per heavy atom. The van der Waals surface area contributed by atoms with E-state index in [4.69, 9.17) is 4.99 Å². The molecule has 0 unspecified atom stereocenters. The first-order valence-corrected chi connectivity index (χ1v) is 10.1. The number of nitrogens with zero attached hydrogens (tertiary/aromatic N) is 1. The fraction of sp³-hybridized carbons (Fsp3) is 0.632. The molecule has 0 bridgehead atoms. The molecule has 4 rings (SSSR count). The normalized spacial score (nSPS) is 22.7. The smallest absolute Gasteiger partial charge is 0.128 e. The Balaban J connectivity index is 1.54. The highest BCUT2D eigenvalue weighted by Crippen LogP contribution is 2.45. The zero-order valence-corrected chi connectivity index (χ0v) is 14.9. The molecule has 0 spiro atoms. The van der Waals surface area contributed by atoms with Crippen LogP contribution in [0.4, 0.5) is 5.00 Å². The number of allylic oxidation sites excluding steroid dienone is 1. The standard InChI is InChI=1S/C19H27N3S/c1-2-7-15-18-14-10-6-11-16(14)23-19(18)22-17(21-15)12-20-13-8-4-3-5-9-13/h7,13,20H,2-6,8-12H2,1H3,(H,21,22)/b15-7+. The van der Waals surface area contributed by atoms with E-state index in [0.717, 1.165) is 18.8 Å². The Bertz CT molecular complexity index is 635. The molecule has 1 aromatic heterocycles. The third-order valence-corrected chi connectivity index (χ3v) is 6.44. The van der Waals surface area contributed by atoms with Gasteiger partial charge in [0.1, 0.15) is 10.8 Å². The minimum atomic E-state index is 0.682. The van der Waals surface area contributed by atoms with Crippen LogP contribution < -0.4 is 10.6 Å². The minimum Gasteiger partial charge on any atom is -0.342 e. The summed E-state index contributed by atoms with van der Waals surface area (Å²) in [6.07, 6.45) is 14.0. The van der Waals surface area contributed by atoms with Crippen LogP contribution in [0.2, 0.25) is 0 Å². The van der Waals surface area contributed by atoms with Crippen molar-refractivity contribution in [3.8, 4) is 0 Å². The summed E-state index contributed by atoms with van der Waals surface area (Å²) in [6.45, 7) is 3.08. The number of aliphatic imine (C=N–C) groups is 1. The molecule has 0 radical (unpaired) electrons. The largest absolute Gasteiger partial charge is 0.342 e. The maximum absolute atomic E-state index is 4.95. The Hall–Kier alpha value is -1.13. The summed E-state index contributed by atoms with van der Waals surface area (Å²) in [5.41, 5.74) is 4.28. The van der Waals surface area contributed by atoms with Crippen molar-refractivity contribution < 1.29 is 0 Å². The van der Waals surface area contributed by atoms with Gasteiger partial charge in [0.25, 0.3) is 0 Å². The molecule has 124 valence electrons. The number of nitrogens with one attached hydrogen (secondary N) is 2. The lowest BCUT2D eigenvalue weighted by Crippen LogP contribution is -2.40. The van der Waals surface area contributed by atoms with Gasteiger partial charge in [-0.1, -0.05) is 32.3 Å². The zero-order chi connectivity index (χ0) is 15.6. The molecule has 0 amide bonds. The van der Waals surface area contributed by atoms with Crippen LogP contribution in [0.15, 0.2) is 11.1 Å². The monoisotopic (exact) mass is 329 g/mol. The fourth-order valence-electron chi connectivity index (χ4n) is 4.10. The van der Waals surface area contributed by atoms with Gasteiger partial charge in [0, 0.05) is 22.2 Å². The van der Waals surface area contributed by atoms with Gasteiger partial charge in [-0.3, -0.25) is 0 Å². The Kier molecular flexibility index (Phi) is 4.54. The van der Waals surface area contributed by atoms with Gasteiger partial charge in [0.05, 0.1) is 6.54 Å². The van der Waals surface area contributed by atoms with Crippen molar-refractivity contribution in [2.45, 2.75) is 70.8 Å². The molecule has 1 saturated carbocycles. The highest BCUT2D eigenvalue weighted by molar-refractivity contribution is 7.16. The quantitative estimate of drug-likeness (QED) is 0.850. The molecular formula is C19H27N3S. The summed E-state index contributed by atoms with van der Waals surface area (Å²) >= 11 is 1.92. The van der Waals surface area contributed by atoms with Crippen molar-refractivity contribution in [3.63, 3.8) is 0 Å². The summed E-state index contributed by atoms with van der Waals surface area (Å²) in [7, 11) is 0. The number of rotatable bonds is 4. The highest BCUT2D eigenvalue weighted by Gasteiger charge is 2.27. The summed E-state index contributed by atoms with van der Waals surface area (Å²) in [5, 5.41) is 8.58. The van der Waals surface area contributed by atoms with E-state index < -0.39 is 0 Å². The first kappa shape index (κ1) is 15.4. The van der Waals surface area contributed by atoms with Gasteiger partial charge in [0.15, 0.2) is 0 Å². The Morgan fingerprint density at radius 1 is 1.22 bits per heavy atom. The maximum Gasteiger partial charge on any atom is 0.128 e. The molecule has 4 heteroatoms. The predicted octanol–water partition coefficient (Wildman–Crippen LogP) is 4.54. The van der Waals surface area contributed by atoms with Crippen molar-refractivity contribution in [1.82, 2.24) is 10.6 Å². The van der Waals surface area contributed by atoms with Crippen LogP contribution in [-0.2, 0) is 12.8 Å². The first-order valence-electron chi connectivity index (χ1n) is 9.28. The van der Waals surface area contributed by atoms with Crippen molar-refractivity contribution in [2.24, 2.45) is 4.99 Å². The third-order valence-electron chi connectivity index (χ3n) is 5.26. The second kappa shape index (κ2) is 6.78. The SMILES string of the molecule is CC/C=C1/NC(CNC2CCCCC2)=Nc2sc3c(c21)CCC3. The lowest BCUT2D eigenvalue weighted by atomic mass is 9.95. The molecule has 0 atom stereocenters. The molecule has 0 saturated heterocycles. The van der Waals surface area contributed by atoms with Crippen LogP contribution in [0.5, 0.6) is 0 Å². The number of aryl methyl sites for hydroxylation is 1. The molecule has 1 fully saturated rings. The second-order valence-electron chi connectivity index (χ2n) is 6.96. The highest BCUT2D eigenvalue weighted by atomic mass is 32.1. The van der Waals surface area contributed by atoms with Gasteiger partial charge in [-0.05, 0) is 44.1 Å². The molecule has 1 aromatic rings. The number of amidine groups is 1. The Morgan fingerprint density at radius 2 is 2.09 bits per heavy atom. The van der Waals surface area contributed by atoms with Crippen LogP contribution in [0.3, 0.4) is 0 Å². The van der Waals surface area contributed by atoms with Gasteiger partial charge >= 0.3 is 0 Å². The van der Waals surface area contributed by atoms with E-state index >= 15 is 0 Å². The third kappa shape index (κ3) is 3.11. The average molecular weight is 330 g/mol. The fourth-order valence-corrected chi connectivity index (χ4v) is 5.40. The molecule has 1 aliphatic heterocycles. The van der Waals surface area contributed by atoms with Gasteiger partial charge in [-0.15, -0.1) is 11.3 Å². The van der Waals surface area contributed by atoms with Gasteiger partial charge in [-0.25, -0.2) is 4.99 Å². The number of thiophene rings is 1. The van der Waals surface area contributed by atoms with Gasteiger partial charge in [0.2, 0.25) is 0 Å². The van der Waals surface area contributed by atoms with Crippen LogP contribution in [0.25, 0.3) is 5.70 Å². The molecule has 23 heavy (non-hydrogen) atoms. The second-order valence-corrected chi connectivity index (χ2v) is 8.05. The average Bonchev–Trinajstić information content (AvgIpc) is 3.14. The van der Waals surface area contributed by atoms with Crippen LogP contribution in [0.1, 0.15) is 67.9 Å². The van der Waals surface area contributed by atoms with E-state index in [1.807, 2.05) is 11.3 Å². The van der Waals surface area contributed by atoms with Crippen molar-refractivity contribution >= 4 is 27.9 Å². The van der Waals surface area contributed by atoms with E-state index in [-0.39, 0.29) is 0 Å². The number of fused-ring (bicyclic) bond motifs is 3. The minimum absolute atomic E-state index is 0.682. The molecule has 2 heterocycles. The van der Waals surface area contributed by atoms with E-state index in [1.165, 1.54) is 67.6 Å². The molecule has 2 N–H and O–H groups in total. The summed E-state index contributed by atoms with van der Waals surface area (Å²) < 4.78 is 0. The first-order chi connectivity index (χ1) is 11.3. The van der Waals surface area contributed by atoms with Crippen LogP contribution in [0, 0.1) is 0 Å². The van der Waals surface area contributed by atoms with E-state index in [2.05, 4.69) is 23.6 Å².